The van der Waals surface area contributed by atoms with E-state index >= 15 is 0 Å². The minimum atomic E-state index is -0.209. The average Bonchev–Trinajstić information content (AvgIpc) is 3.13. The number of nitrogens with one attached hydrogen (secondary N) is 2. The topological polar surface area (TPSA) is 83.8 Å². The van der Waals surface area contributed by atoms with Crippen LogP contribution in [0.4, 0.5) is 11.4 Å². The quantitative estimate of drug-likeness (QED) is 0.315. The Morgan fingerprint density at radius 1 is 1.00 bits per heavy atom. The van der Waals surface area contributed by atoms with Crippen LogP contribution in [0, 0.1) is 0 Å². The Morgan fingerprint density at radius 2 is 1.70 bits per heavy atom. The van der Waals surface area contributed by atoms with Gasteiger partial charge < -0.3 is 16.0 Å². The molecule has 134 valence electrons. The standard InChI is InChI=1S/C21H18N4OS/c22-15-5-1-2-6-16(15)25-21(26)14-11-9-13(10-12-14)19(27)20-23-17-7-3-4-8-18(17)24-20/h1-12,19,27H,22H2,(H,23,24)(H,25,26). The smallest absolute Gasteiger partial charge is 0.255 e. The second-order valence-corrected chi connectivity index (χ2v) is 6.72. The molecule has 0 aliphatic rings. The molecule has 0 bridgehead atoms. The summed E-state index contributed by atoms with van der Waals surface area (Å²) in [5, 5.41) is 2.61. The highest BCUT2D eigenvalue weighted by Crippen LogP contribution is 2.28. The van der Waals surface area contributed by atoms with Crippen LogP contribution in [0.1, 0.15) is 27.0 Å². The van der Waals surface area contributed by atoms with Gasteiger partial charge in [-0.05, 0) is 42.0 Å². The summed E-state index contributed by atoms with van der Waals surface area (Å²) in [7, 11) is 0. The number of amides is 1. The Kier molecular flexibility index (Phi) is 4.56. The number of aromatic nitrogens is 2. The Labute approximate surface area is 162 Å². The monoisotopic (exact) mass is 374 g/mol. The molecule has 0 spiro atoms. The van der Waals surface area contributed by atoms with Gasteiger partial charge in [-0.1, -0.05) is 36.4 Å². The number of nitrogens with zero attached hydrogens (tertiary/aromatic N) is 1. The number of imidazole rings is 1. The van der Waals surface area contributed by atoms with Crippen LogP contribution < -0.4 is 11.1 Å². The predicted molar refractivity (Wildman–Crippen MR) is 112 cm³/mol. The molecule has 0 fully saturated rings. The molecule has 0 saturated heterocycles. The highest BCUT2D eigenvalue weighted by atomic mass is 32.1. The van der Waals surface area contributed by atoms with E-state index < -0.39 is 0 Å². The number of carbonyl (C=O) groups is 1. The second kappa shape index (κ2) is 7.17. The van der Waals surface area contributed by atoms with Crippen LogP contribution in [0.3, 0.4) is 0 Å². The number of H-pyrrole nitrogens is 1. The third kappa shape index (κ3) is 3.52. The molecule has 5 nitrogen and oxygen atoms in total. The molecule has 0 radical (unpaired) electrons. The molecule has 1 aromatic heterocycles. The number of aromatic amines is 1. The van der Waals surface area contributed by atoms with Gasteiger partial charge in [0.25, 0.3) is 5.91 Å². The summed E-state index contributed by atoms with van der Waals surface area (Å²) in [6, 6.07) is 22.3. The van der Waals surface area contributed by atoms with Crippen molar-refractivity contribution in [3.8, 4) is 0 Å². The molecule has 3 aromatic carbocycles. The van der Waals surface area contributed by atoms with Crippen molar-refractivity contribution in [3.63, 3.8) is 0 Å². The SMILES string of the molecule is Nc1ccccc1NC(=O)c1ccc(C(S)c2nc3ccccc3[nH]2)cc1. The van der Waals surface area contributed by atoms with Gasteiger partial charge in [-0.25, -0.2) is 4.98 Å². The first-order valence-electron chi connectivity index (χ1n) is 8.50. The van der Waals surface area contributed by atoms with E-state index in [1.54, 1.807) is 24.3 Å². The number of carbonyl (C=O) groups excluding carboxylic acids is 1. The maximum Gasteiger partial charge on any atom is 0.255 e. The molecule has 27 heavy (non-hydrogen) atoms. The number of nitrogen functional groups attached to an aromatic ring is 1. The van der Waals surface area contributed by atoms with Crippen molar-refractivity contribution in [2.75, 3.05) is 11.1 Å². The van der Waals surface area contributed by atoms with Gasteiger partial charge in [0.15, 0.2) is 0 Å². The summed E-state index contributed by atoms with van der Waals surface area (Å²) >= 11 is 4.69. The van der Waals surface area contributed by atoms with Crippen molar-refractivity contribution in [2.24, 2.45) is 0 Å². The normalized spacial score (nSPS) is 12.0. The molecule has 1 unspecified atom stereocenters. The lowest BCUT2D eigenvalue weighted by Gasteiger charge is -2.10. The molecule has 4 N–H and O–H groups in total. The van der Waals surface area contributed by atoms with Gasteiger partial charge in [0.2, 0.25) is 0 Å². The summed E-state index contributed by atoms with van der Waals surface area (Å²) < 4.78 is 0. The van der Waals surface area contributed by atoms with Crippen LogP contribution in [0.15, 0.2) is 72.8 Å². The van der Waals surface area contributed by atoms with Gasteiger partial charge in [-0.2, -0.15) is 12.6 Å². The van der Waals surface area contributed by atoms with Crippen LogP contribution in [-0.2, 0) is 0 Å². The van der Waals surface area contributed by atoms with Crippen molar-refractivity contribution in [2.45, 2.75) is 5.25 Å². The number of para-hydroxylation sites is 4. The highest BCUT2D eigenvalue weighted by Gasteiger charge is 2.15. The predicted octanol–water partition coefficient (Wildman–Crippen LogP) is 4.42. The van der Waals surface area contributed by atoms with Gasteiger partial charge in [0.05, 0.1) is 27.7 Å². The van der Waals surface area contributed by atoms with Crippen LogP contribution in [0.2, 0.25) is 0 Å². The summed E-state index contributed by atoms with van der Waals surface area (Å²) in [6.45, 7) is 0. The molecule has 0 aliphatic heterocycles. The van der Waals surface area contributed by atoms with E-state index in [0.29, 0.717) is 16.9 Å². The molecule has 0 aliphatic carbocycles. The van der Waals surface area contributed by atoms with E-state index in [9.17, 15) is 4.79 Å². The van der Waals surface area contributed by atoms with Crippen molar-refractivity contribution >= 4 is 40.9 Å². The summed E-state index contributed by atoms with van der Waals surface area (Å²) in [6.07, 6.45) is 0. The molecule has 1 atom stereocenters. The minimum absolute atomic E-state index is 0.209. The highest BCUT2D eigenvalue weighted by molar-refractivity contribution is 7.80. The zero-order valence-electron chi connectivity index (χ0n) is 14.4. The number of rotatable bonds is 4. The molecular formula is C21H18N4OS. The van der Waals surface area contributed by atoms with Crippen LogP contribution in [0.5, 0.6) is 0 Å². The van der Waals surface area contributed by atoms with E-state index in [2.05, 4.69) is 27.9 Å². The summed E-state index contributed by atoms with van der Waals surface area (Å²) in [5.74, 6) is 0.563. The zero-order chi connectivity index (χ0) is 18.8. The van der Waals surface area contributed by atoms with Gasteiger partial charge in [0.1, 0.15) is 5.82 Å². The van der Waals surface area contributed by atoms with Crippen LogP contribution in [-0.4, -0.2) is 15.9 Å². The zero-order valence-corrected chi connectivity index (χ0v) is 15.3. The lowest BCUT2D eigenvalue weighted by Crippen LogP contribution is -2.13. The van der Waals surface area contributed by atoms with E-state index in [1.807, 2.05) is 48.5 Å². The van der Waals surface area contributed by atoms with Crippen molar-refractivity contribution in [1.82, 2.24) is 9.97 Å². The van der Waals surface area contributed by atoms with Crippen LogP contribution >= 0.6 is 12.6 Å². The van der Waals surface area contributed by atoms with Gasteiger partial charge >= 0.3 is 0 Å². The van der Waals surface area contributed by atoms with E-state index in [4.69, 9.17) is 5.73 Å². The van der Waals surface area contributed by atoms with E-state index in [-0.39, 0.29) is 11.2 Å². The van der Waals surface area contributed by atoms with Crippen molar-refractivity contribution < 1.29 is 4.79 Å². The Morgan fingerprint density at radius 3 is 2.44 bits per heavy atom. The van der Waals surface area contributed by atoms with E-state index in [1.165, 1.54) is 0 Å². The summed E-state index contributed by atoms with van der Waals surface area (Å²) in [4.78, 5) is 20.3. The van der Waals surface area contributed by atoms with Gasteiger partial charge in [0, 0.05) is 5.56 Å². The molecular weight excluding hydrogens is 356 g/mol. The first-order chi connectivity index (χ1) is 13.1. The number of hydrogen-bond acceptors (Lipinski definition) is 4. The second-order valence-electron chi connectivity index (χ2n) is 6.21. The maximum atomic E-state index is 12.4. The largest absolute Gasteiger partial charge is 0.397 e. The molecule has 1 amide bonds. The number of hydrogen-bond donors (Lipinski definition) is 4. The molecule has 4 aromatic rings. The number of fused-ring (bicyclic) bond motifs is 1. The first kappa shape index (κ1) is 17.2. The lowest BCUT2D eigenvalue weighted by molar-refractivity contribution is 0.102. The molecule has 6 heteroatoms. The van der Waals surface area contributed by atoms with E-state index in [0.717, 1.165) is 22.4 Å². The Bertz CT molecular complexity index is 1070. The fourth-order valence-corrected chi connectivity index (χ4v) is 3.18. The Hall–Kier alpha value is -3.25. The van der Waals surface area contributed by atoms with Gasteiger partial charge in [-0.3, -0.25) is 4.79 Å². The molecule has 4 rings (SSSR count). The number of nitrogens with two attached hydrogens (primary N) is 1. The van der Waals surface area contributed by atoms with Crippen LogP contribution in [0.25, 0.3) is 11.0 Å². The molecule has 1 heterocycles. The number of anilines is 2. The van der Waals surface area contributed by atoms with Gasteiger partial charge in [-0.15, -0.1) is 0 Å². The average molecular weight is 374 g/mol. The third-order valence-electron chi connectivity index (χ3n) is 4.36. The molecule has 0 saturated carbocycles. The fourth-order valence-electron chi connectivity index (χ4n) is 2.88. The summed E-state index contributed by atoms with van der Waals surface area (Å²) in [5.41, 5.74) is 10.4. The fraction of sp³-hybridized carbons (Fsp3) is 0.0476. The lowest BCUT2D eigenvalue weighted by atomic mass is 10.1. The number of thiol groups is 1. The third-order valence-corrected chi connectivity index (χ3v) is 4.91. The minimum Gasteiger partial charge on any atom is -0.397 e. The van der Waals surface area contributed by atoms with Crippen molar-refractivity contribution in [3.05, 3.63) is 89.7 Å². The first-order valence-corrected chi connectivity index (χ1v) is 9.02. The maximum absolute atomic E-state index is 12.4. The van der Waals surface area contributed by atoms with Crippen molar-refractivity contribution in [1.29, 1.82) is 0 Å². The number of benzene rings is 3. The Balaban J connectivity index is 1.52.